The molecule has 1 spiro atoms. The van der Waals surface area contributed by atoms with E-state index in [2.05, 4.69) is 25.4 Å². The highest BCUT2D eigenvalue weighted by Gasteiger charge is 2.44. The molecule has 4 nitrogen and oxygen atoms in total. The summed E-state index contributed by atoms with van der Waals surface area (Å²) in [5.41, 5.74) is 0.316. The quantitative estimate of drug-likeness (QED) is 0.634. The van der Waals surface area contributed by atoms with Crippen LogP contribution in [-0.2, 0) is 14.3 Å². The molecule has 0 bridgehead atoms. The van der Waals surface area contributed by atoms with Crippen molar-refractivity contribution in [2.24, 2.45) is 0 Å². The Hall–Kier alpha value is -1.39. The molecule has 2 rings (SSSR count). The van der Waals surface area contributed by atoms with E-state index in [1.807, 2.05) is 0 Å². The van der Waals surface area contributed by atoms with Gasteiger partial charge >= 0.3 is 0 Å². The highest BCUT2D eigenvalue weighted by molar-refractivity contribution is 5.96. The molecule has 110 valence electrons. The van der Waals surface area contributed by atoms with Crippen LogP contribution in [0.25, 0.3) is 0 Å². The number of hydrogen-bond donors (Lipinski definition) is 1. The van der Waals surface area contributed by atoms with Crippen molar-refractivity contribution in [3.63, 3.8) is 0 Å². The predicted molar refractivity (Wildman–Crippen MR) is 78.1 cm³/mol. The van der Waals surface area contributed by atoms with Crippen LogP contribution in [0.4, 0.5) is 0 Å². The number of allylic oxidation sites excluding steroid dienone is 2. The van der Waals surface area contributed by atoms with E-state index in [4.69, 9.17) is 9.47 Å². The van der Waals surface area contributed by atoms with E-state index in [-0.39, 0.29) is 11.4 Å². The summed E-state index contributed by atoms with van der Waals surface area (Å²) in [7, 11) is 0. The van der Waals surface area contributed by atoms with Gasteiger partial charge < -0.3 is 14.8 Å². The van der Waals surface area contributed by atoms with Crippen LogP contribution >= 0.6 is 0 Å². The molecule has 1 N–H and O–H groups in total. The lowest BCUT2D eigenvalue weighted by molar-refractivity contribution is -0.185. The van der Waals surface area contributed by atoms with Gasteiger partial charge in [-0.2, -0.15) is 0 Å². The molecule has 1 heterocycles. The third kappa shape index (κ3) is 3.19. The van der Waals surface area contributed by atoms with Crippen molar-refractivity contribution < 1.29 is 14.3 Å². The molecule has 0 aromatic heterocycles. The first-order chi connectivity index (χ1) is 9.52. The fourth-order valence-corrected chi connectivity index (χ4v) is 2.80. The normalized spacial score (nSPS) is 24.4. The van der Waals surface area contributed by atoms with Crippen LogP contribution < -0.4 is 5.32 Å². The van der Waals surface area contributed by atoms with E-state index in [0.717, 1.165) is 25.7 Å². The van der Waals surface area contributed by atoms with Crippen LogP contribution in [0.5, 0.6) is 0 Å². The van der Waals surface area contributed by atoms with E-state index < -0.39 is 5.79 Å². The minimum absolute atomic E-state index is 0.105. The molecule has 0 radical (unpaired) electrons. The molecule has 0 aromatic rings. The minimum atomic E-state index is -0.400. The molecule has 4 heteroatoms. The lowest BCUT2D eigenvalue weighted by Gasteiger charge is -2.42. The van der Waals surface area contributed by atoms with E-state index in [1.54, 1.807) is 18.2 Å². The van der Waals surface area contributed by atoms with Gasteiger partial charge in [0.2, 0.25) is 0 Å². The van der Waals surface area contributed by atoms with Crippen LogP contribution in [0.2, 0.25) is 0 Å². The number of nitrogens with one attached hydrogen (secondary N) is 1. The first-order valence-electron chi connectivity index (χ1n) is 7.08. The Bertz CT molecular complexity index is 423. The number of hydrogen-bond acceptors (Lipinski definition) is 3. The lowest BCUT2D eigenvalue weighted by Crippen LogP contribution is -2.52. The molecule has 1 saturated heterocycles. The van der Waals surface area contributed by atoms with Gasteiger partial charge in [0.05, 0.1) is 13.2 Å². The molecule has 1 aliphatic carbocycles. The summed E-state index contributed by atoms with van der Waals surface area (Å²) in [6.45, 7) is 10.7. The molecule has 1 amide bonds. The molecule has 1 aliphatic heterocycles. The van der Waals surface area contributed by atoms with E-state index in [1.165, 1.54) is 0 Å². The number of rotatable bonds is 4. The lowest BCUT2D eigenvalue weighted by atomic mass is 9.79. The van der Waals surface area contributed by atoms with Gasteiger partial charge in [0.1, 0.15) is 0 Å². The Kier molecular flexibility index (Phi) is 4.45. The molecule has 0 unspecified atom stereocenters. The monoisotopic (exact) mass is 277 g/mol. The molecule has 0 atom stereocenters. The van der Waals surface area contributed by atoms with Crippen molar-refractivity contribution in [1.29, 1.82) is 0 Å². The van der Waals surface area contributed by atoms with Crippen LogP contribution in [0.15, 0.2) is 37.0 Å². The van der Waals surface area contributed by atoms with Crippen LogP contribution in [0, 0.1) is 0 Å². The van der Waals surface area contributed by atoms with Crippen LogP contribution in [-0.4, -0.2) is 30.4 Å². The summed E-state index contributed by atoms with van der Waals surface area (Å²) >= 11 is 0. The SMILES string of the molecule is C=C/C=C(\C=C)C(=O)NC1(C)CCC2(CC1)OCCO2. The number of carbonyl (C=O) groups is 1. The number of amides is 1. The molecule has 2 aliphatic rings. The fourth-order valence-electron chi connectivity index (χ4n) is 2.80. The molecule has 20 heavy (non-hydrogen) atoms. The Morgan fingerprint density at radius 3 is 2.25 bits per heavy atom. The summed E-state index contributed by atoms with van der Waals surface area (Å²) < 4.78 is 11.4. The van der Waals surface area contributed by atoms with Crippen molar-refractivity contribution in [2.75, 3.05) is 13.2 Å². The standard InChI is InChI=1S/C16H23NO3/c1-4-6-13(5-2)14(18)17-15(3)7-9-16(10-8-15)19-11-12-20-16/h4-6H,1-2,7-12H2,3H3,(H,17,18)/b13-6+. The van der Waals surface area contributed by atoms with Crippen molar-refractivity contribution in [3.05, 3.63) is 37.0 Å². The van der Waals surface area contributed by atoms with Gasteiger partial charge in [0.15, 0.2) is 5.79 Å². The molecule has 1 saturated carbocycles. The van der Waals surface area contributed by atoms with E-state index in [0.29, 0.717) is 18.8 Å². The topological polar surface area (TPSA) is 47.6 Å². The summed E-state index contributed by atoms with van der Waals surface area (Å²) in [5, 5.41) is 3.10. The van der Waals surface area contributed by atoms with E-state index >= 15 is 0 Å². The number of carbonyl (C=O) groups excluding carboxylic acids is 1. The molecule has 2 fully saturated rings. The predicted octanol–water partition coefficient (Wildman–Crippen LogP) is 2.48. The fraction of sp³-hybridized carbons (Fsp3) is 0.562. The second-order valence-electron chi connectivity index (χ2n) is 5.68. The zero-order valence-electron chi connectivity index (χ0n) is 12.1. The Morgan fingerprint density at radius 2 is 1.75 bits per heavy atom. The average Bonchev–Trinajstić information content (AvgIpc) is 2.89. The van der Waals surface area contributed by atoms with Gasteiger partial charge in [-0.3, -0.25) is 4.79 Å². The maximum absolute atomic E-state index is 12.2. The second kappa shape index (κ2) is 5.94. The van der Waals surface area contributed by atoms with Crippen molar-refractivity contribution >= 4 is 5.91 Å². The second-order valence-corrected chi connectivity index (χ2v) is 5.68. The maximum atomic E-state index is 12.2. The summed E-state index contributed by atoms with van der Waals surface area (Å²) in [4.78, 5) is 12.2. The summed E-state index contributed by atoms with van der Waals surface area (Å²) in [5.74, 6) is -0.505. The highest BCUT2D eigenvalue weighted by Crippen LogP contribution is 2.40. The summed E-state index contributed by atoms with van der Waals surface area (Å²) in [6.07, 6.45) is 8.13. The van der Waals surface area contributed by atoms with Crippen molar-refractivity contribution in [1.82, 2.24) is 5.32 Å². The Morgan fingerprint density at radius 1 is 1.15 bits per heavy atom. The van der Waals surface area contributed by atoms with Gasteiger partial charge in [0.25, 0.3) is 5.91 Å². The zero-order chi connectivity index (χ0) is 14.6. The minimum Gasteiger partial charge on any atom is -0.348 e. The van der Waals surface area contributed by atoms with E-state index in [9.17, 15) is 4.79 Å². The Balaban J connectivity index is 1.96. The van der Waals surface area contributed by atoms with Gasteiger partial charge in [-0.05, 0) is 19.8 Å². The largest absolute Gasteiger partial charge is 0.348 e. The van der Waals surface area contributed by atoms with Gasteiger partial charge in [-0.15, -0.1) is 0 Å². The molecular formula is C16H23NO3. The first-order valence-corrected chi connectivity index (χ1v) is 7.08. The van der Waals surface area contributed by atoms with Gasteiger partial charge in [-0.1, -0.05) is 31.4 Å². The molecule has 0 aromatic carbocycles. The maximum Gasteiger partial charge on any atom is 0.251 e. The first kappa shape index (κ1) is 15.0. The van der Waals surface area contributed by atoms with Crippen LogP contribution in [0.1, 0.15) is 32.6 Å². The Labute approximate surface area is 120 Å². The van der Waals surface area contributed by atoms with Gasteiger partial charge in [0, 0.05) is 24.0 Å². The van der Waals surface area contributed by atoms with Gasteiger partial charge in [-0.25, -0.2) is 0 Å². The third-order valence-corrected chi connectivity index (χ3v) is 4.12. The van der Waals surface area contributed by atoms with Crippen molar-refractivity contribution in [3.8, 4) is 0 Å². The third-order valence-electron chi connectivity index (χ3n) is 4.12. The zero-order valence-corrected chi connectivity index (χ0v) is 12.1. The smallest absolute Gasteiger partial charge is 0.251 e. The summed E-state index contributed by atoms with van der Waals surface area (Å²) in [6, 6.07) is 0. The highest BCUT2D eigenvalue weighted by atomic mass is 16.7. The average molecular weight is 277 g/mol. The van der Waals surface area contributed by atoms with Crippen LogP contribution in [0.3, 0.4) is 0 Å². The molecular weight excluding hydrogens is 254 g/mol. The van der Waals surface area contributed by atoms with Crippen molar-refractivity contribution in [2.45, 2.75) is 43.9 Å². The number of ether oxygens (including phenoxy) is 2.